The Morgan fingerprint density at radius 2 is 1.62 bits per heavy atom. The molecule has 1 amide bonds. The van der Waals surface area contributed by atoms with Crippen molar-refractivity contribution in [3.63, 3.8) is 0 Å². The minimum Gasteiger partial charge on any atom is -0.325 e. The van der Waals surface area contributed by atoms with Crippen LogP contribution in [0.25, 0.3) is 6.08 Å². The van der Waals surface area contributed by atoms with E-state index in [2.05, 4.69) is 5.32 Å². The van der Waals surface area contributed by atoms with Crippen molar-refractivity contribution in [3.05, 3.63) is 71.3 Å². The maximum Gasteiger partial charge on any atom is 0.238 e. The van der Waals surface area contributed by atoms with Crippen LogP contribution in [0, 0.1) is 28.1 Å². The van der Waals surface area contributed by atoms with Crippen molar-refractivity contribution in [2.45, 2.75) is 11.8 Å². The van der Waals surface area contributed by atoms with Crippen LogP contribution < -0.4 is 5.32 Å². The fourth-order valence-corrected chi connectivity index (χ4v) is 4.01. The highest BCUT2D eigenvalue weighted by molar-refractivity contribution is 6.18. The number of para-hydroxylation sites is 1. The van der Waals surface area contributed by atoms with Gasteiger partial charge in [0, 0.05) is 17.7 Å². The summed E-state index contributed by atoms with van der Waals surface area (Å²) in [5, 5.41) is 22.8. The summed E-state index contributed by atoms with van der Waals surface area (Å²) >= 11 is 0. The van der Waals surface area contributed by atoms with Crippen LogP contribution in [-0.4, -0.2) is 11.7 Å². The zero-order valence-electron chi connectivity index (χ0n) is 13.7. The van der Waals surface area contributed by atoms with Crippen molar-refractivity contribution < 1.29 is 9.59 Å². The number of anilines is 1. The van der Waals surface area contributed by atoms with Crippen LogP contribution in [0.4, 0.5) is 5.69 Å². The van der Waals surface area contributed by atoms with E-state index in [0.29, 0.717) is 16.8 Å². The van der Waals surface area contributed by atoms with Gasteiger partial charge >= 0.3 is 0 Å². The zero-order chi connectivity index (χ0) is 18.4. The summed E-state index contributed by atoms with van der Waals surface area (Å²) in [5.74, 6) is -0.838. The lowest BCUT2D eigenvalue weighted by Crippen LogP contribution is -2.46. The first kappa shape index (κ1) is 15.8. The Hall–Kier alpha value is -3.70. The third-order valence-corrected chi connectivity index (χ3v) is 5.24. The summed E-state index contributed by atoms with van der Waals surface area (Å²) in [5.41, 5.74) is -1.56. The summed E-state index contributed by atoms with van der Waals surface area (Å²) in [4.78, 5) is 25.8. The number of Topliss-reactive ketones (excluding diaryl/α,β-unsaturated/α-hetero) is 1. The lowest BCUT2D eigenvalue weighted by atomic mass is 9.62. The molecule has 0 unspecified atom stereocenters. The van der Waals surface area contributed by atoms with Crippen LogP contribution in [0.5, 0.6) is 0 Å². The molecule has 4 rings (SSSR count). The lowest BCUT2D eigenvalue weighted by Gasteiger charge is -2.30. The Morgan fingerprint density at radius 3 is 2.31 bits per heavy atom. The monoisotopic (exact) mass is 339 g/mol. The summed E-state index contributed by atoms with van der Waals surface area (Å²) in [6, 6.07) is 20.0. The van der Waals surface area contributed by atoms with Gasteiger partial charge in [0.25, 0.3) is 0 Å². The Bertz CT molecular complexity index is 1040. The van der Waals surface area contributed by atoms with Gasteiger partial charge in [-0.3, -0.25) is 9.59 Å². The molecule has 124 valence electrons. The van der Waals surface area contributed by atoms with Crippen molar-refractivity contribution >= 4 is 23.5 Å². The molecule has 1 heterocycles. The molecule has 0 bridgehead atoms. The van der Waals surface area contributed by atoms with Gasteiger partial charge in [0.1, 0.15) is 5.41 Å². The normalized spacial score (nSPS) is 24.2. The van der Waals surface area contributed by atoms with Crippen LogP contribution in [0.15, 0.2) is 60.2 Å². The number of hydrogen-bond acceptors (Lipinski definition) is 4. The number of nitrogens with zero attached hydrogens (tertiary/aromatic N) is 2. The molecule has 1 aliphatic heterocycles. The molecule has 1 atom stereocenters. The van der Waals surface area contributed by atoms with Gasteiger partial charge in [-0.15, -0.1) is 0 Å². The third-order valence-electron chi connectivity index (χ3n) is 5.24. The molecule has 0 radical (unpaired) electrons. The van der Waals surface area contributed by atoms with Gasteiger partial charge in [0.15, 0.2) is 11.2 Å². The molecule has 5 nitrogen and oxygen atoms in total. The highest BCUT2D eigenvalue weighted by Gasteiger charge is 2.70. The van der Waals surface area contributed by atoms with Gasteiger partial charge in [-0.1, -0.05) is 48.5 Å². The fraction of sp³-hybridized carbons (Fsp3) is 0.143. The van der Waals surface area contributed by atoms with Crippen LogP contribution in [-0.2, 0) is 15.0 Å². The SMILES string of the molecule is N#CC1(C#N)/C(=C\c2ccccc2)C(=O)C[C@]12C(=O)Nc1ccccc12. The van der Waals surface area contributed by atoms with Crippen molar-refractivity contribution in [2.75, 3.05) is 5.32 Å². The molecule has 1 fully saturated rings. The van der Waals surface area contributed by atoms with E-state index in [9.17, 15) is 20.1 Å². The summed E-state index contributed by atoms with van der Waals surface area (Å²) in [7, 11) is 0. The van der Waals surface area contributed by atoms with Gasteiger partial charge < -0.3 is 5.32 Å². The second-order valence-corrected chi connectivity index (χ2v) is 6.45. The number of nitriles is 2. The number of hydrogen-bond donors (Lipinski definition) is 1. The van der Waals surface area contributed by atoms with E-state index in [1.807, 2.05) is 18.2 Å². The van der Waals surface area contributed by atoms with Crippen LogP contribution >= 0.6 is 0 Å². The van der Waals surface area contributed by atoms with Crippen molar-refractivity contribution in [1.82, 2.24) is 0 Å². The number of ketones is 1. The number of amides is 1. The largest absolute Gasteiger partial charge is 0.325 e. The molecular formula is C21H13N3O2. The molecular weight excluding hydrogens is 326 g/mol. The third kappa shape index (κ3) is 1.77. The fourth-order valence-electron chi connectivity index (χ4n) is 4.01. The minimum absolute atomic E-state index is 0.0700. The average molecular weight is 339 g/mol. The zero-order valence-corrected chi connectivity index (χ0v) is 13.7. The number of allylic oxidation sites excluding steroid dienone is 1. The molecule has 1 saturated carbocycles. The molecule has 0 aromatic heterocycles. The standard InChI is InChI=1S/C21H13N3O2/c22-12-20(13-23)16(10-14-6-2-1-3-7-14)18(25)11-21(20)15-8-4-5-9-17(15)24-19(21)26/h1-10H,11H2,(H,24,26)/b16-10-/t21-/m0/s1. The Balaban J connectivity index is 2.02. The predicted molar refractivity (Wildman–Crippen MR) is 94.5 cm³/mol. The van der Waals surface area contributed by atoms with E-state index in [-0.39, 0.29) is 17.8 Å². The maximum atomic E-state index is 12.9. The molecule has 26 heavy (non-hydrogen) atoms. The van der Waals surface area contributed by atoms with Gasteiger partial charge in [0.2, 0.25) is 5.91 Å². The van der Waals surface area contributed by atoms with Gasteiger partial charge in [-0.05, 0) is 23.3 Å². The van der Waals surface area contributed by atoms with E-state index in [0.717, 1.165) is 0 Å². The molecule has 1 spiro atoms. The van der Waals surface area contributed by atoms with Crippen molar-refractivity contribution in [1.29, 1.82) is 10.5 Å². The molecule has 5 heteroatoms. The number of benzene rings is 2. The van der Waals surface area contributed by atoms with Gasteiger partial charge in [-0.25, -0.2) is 0 Å². The number of rotatable bonds is 1. The number of nitrogens with one attached hydrogen (secondary N) is 1. The molecule has 2 aliphatic rings. The second-order valence-electron chi connectivity index (χ2n) is 6.45. The first-order valence-corrected chi connectivity index (χ1v) is 8.13. The van der Waals surface area contributed by atoms with Crippen molar-refractivity contribution in [3.8, 4) is 12.1 Å². The van der Waals surface area contributed by atoms with Crippen molar-refractivity contribution in [2.24, 2.45) is 5.41 Å². The first-order valence-electron chi connectivity index (χ1n) is 8.13. The Morgan fingerprint density at radius 1 is 0.962 bits per heavy atom. The van der Waals surface area contributed by atoms with Crippen LogP contribution in [0.1, 0.15) is 17.5 Å². The molecule has 1 aliphatic carbocycles. The quantitative estimate of drug-likeness (QED) is 0.808. The summed E-state index contributed by atoms with van der Waals surface area (Å²) in [6.45, 7) is 0. The van der Waals surface area contributed by atoms with E-state index in [1.165, 1.54) is 0 Å². The van der Waals surface area contributed by atoms with Gasteiger partial charge in [0.05, 0.1) is 12.1 Å². The summed E-state index contributed by atoms with van der Waals surface area (Å²) in [6.07, 6.45) is 1.35. The highest BCUT2D eigenvalue weighted by atomic mass is 16.2. The highest BCUT2D eigenvalue weighted by Crippen LogP contribution is 2.59. The minimum atomic E-state index is -1.88. The summed E-state index contributed by atoms with van der Waals surface area (Å²) < 4.78 is 0. The molecule has 0 saturated heterocycles. The van der Waals surface area contributed by atoms with Crippen LogP contribution in [0.3, 0.4) is 0 Å². The number of carbonyl (C=O) groups is 2. The maximum absolute atomic E-state index is 12.9. The topological polar surface area (TPSA) is 93.8 Å². The number of carbonyl (C=O) groups excluding carboxylic acids is 2. The second kappa shape index (κ2) is 5.40. The number of fused-ring (bicyclic) bond motifs is 2. The molecule has 1 N–H and O–H groups in total. The van der Waals surface area contributed by atoms with Crippen LogP contribution in [0.2, 0.25) is 0 Å². The van der Waals surface area contributed by atoms with E-state index < -0.39 is 16.7 Å². The average Bonchev–Trinajstić information content (AvgIpc) is 3.09. The molecule has 2 aromatic carbocycles. The van der Waals surface area contributed by atoms with Gasteiger partial charge in [-0.2, -0.15) is 10.5 Å². The van der Waals surface area contributed by atoms with E-state index in [1.54, 1.807) is 54.6 Å². The lowest BCUT2D eigenvalue weighted by molar-refractivity contribution is -0.124. The first-order chi connectivity index (χ1) is 12.6. The predicted octanol–water partition coefficient (Wildman–Crippen LogP) is 2.97. The Kier molecular flexibility index (Phi) is 3.29. The smallest absolute Gasteiger partial charge is 0.238 e. The molecule has 2 aromatic rings. The Labute approximate surface area is 150 Å². The van der Waals surface area contributed by atoms with E-state index in [4.69, 9.17) is 0 Å². The van der Waals surface area contributed by atoms with E-state index >= 15 is 0 Å².